The summed E-state index contributed by atoms with van der Waals surface area (Å²) in [5.74, 6) is -0.129. The smallest absolute Gasteiger partial charge is 0.234 e. The number of carbonyl (C=O) groups is 1. The van der Waals surface area contributed by atoms with Gasteiger partial charge in [0.15, 0.2) is 11.6 Å². The molecule has 0 fully saturated rings. The Bertz CT molecular complexity index is 424. The van der Waals surface area contributed by atoms with Crippen LogP contribution in [0.4, 0.5) is 4.39 Å². The summed E-state index contributed by atoms with van der Waals surface area (Å²) < 4.78 is 18.7. The number of para-hydroxylation sites is 1. The average Bonchev–Trinajstić information content (AvgIpc) is 2.38. The van der Waals surface area contributed by atoms with Crippen LogP contribution in [0, 0.1) is 5.82 Å². The first-order chi connectivity index (χ1) is 9.52. The highest BCUT2D eigenvalue weighted by Crippen LogP contribution is 2.14. The van der Waals surface area contributed by atoms with Gasteiger partial charge in [0.05, 0.1) is 6.54 Å². The number of hydrogen-bond acceptors (Lipinski definition) is 3. The Labute approximate surface area is 119 Å². The number of nitrogens with zero attached hydrogens (tertiary/aromatic N) is 1. The third-order valence-corrected chi connectivity index (χ3v) is 2.77. The van der Waals surface area contributed by atoms with Crippen molar-refractivity contribution in [2.45, 2.75) is 26.8 Å². The number of halogens is 1. The van der Waals surface area contributed by atoms with Crippen LogP contribution in [-0.2, 0) is 4.79 Å². The van der Waals surface area contributed by atoms with E-state index in [1.807, 2.05) is 25.7 Å². The van der Waals surface area contributed by atoms with Crippen LogP contribution in [0.15, 0.2) is 24.3 Å². The highest BCUT2D eigenvalue weighted by Gasteiger charge is 2.10. The lowest BCUT2D eigenvalue weighted by Gasteiger charge is -2.20. The Morgan fingerprint density at radius 2 is 2.10 bits per heavy atom. The summed E-state index contributed by atoms with van der Waals surface area (Å²) in [7, 11) is 0. The summed E-state index contributed by atoms with van der Waals surface area (Å²) in [6.45, 7) is 7.83. The van der Waals surface area contributed by atoms with Crippen molar-refractivity contribution in [2.75, 3.05) is 26.2 Å². The number of rotatable bonds is 8. The zero-order valence-electron chi connectivity index (χ0n) is 12.4. The Morgan fingerprint density at radius 3 is 2.70 bits per heavy atom. The molecule has 0 aliphatic rings. The topological polar surface area (TPSA) is 41.6 Å². The van der Waals surface area contributed by atoms with Crippen LogP contribution in [-0.4, -0.2) is 43.1 Å². The molecule has 0 atom stereocenters. The van der Waals surface area contributed by atoms with Gasteiger partial charge in [0.1, 0.15) is 6.61 Å². The maximum Gasteiger partial charge on any atom is 0.234 e. The second kappa shape index (κ2) is 8.53. The minimum absolute atomic E-state index is 0.00672. The largest absolute Gasteiger partial charge is 0.489 e. The molecule has 0 bridgehead atoms. The molecule has 0 heterocycles. The molecule has 0 unspecified atom stereocenters. The standard InChI is InChI=1S/C15H23FN2O2/c1-4-18(11-15(19)17-12(2)3)9-10-20-14-8-6-5-7-13(14)16/h5-8,12H,4,9-11H2,1-3H3,(H,17,19). The molecule has 0 saturated carbocycles. The Balaban J connectivity index is 2.35. The van der Waals surface area contributed by atoms with Gasteiger partial charge in [0.2, 0.25) is 5.91 Å². The summed E-state index contributed by atoms with van der Waals surface area (Å²) in [6.07, 6.45) is 0. The van der Waals surface area contributed by atoms with Crippen molar-refractivity contribution in [3.63, 3.8) is 0 Å². The molecular weight excluding hydrogens is 259 g/mol. The van der Waals surface area contributed by atoms with Crippen LogP contribution in [0.3, 0.4) is 0 Å². The monoisotopic (exact) mass is 282 g/mol. The maximum absolute atomic E-state index is 13.3. The van der Waals surface area contributed by atoms with Gasteiger partial charge in [-0.2, -0.15) is 0 Å². The first-order valence-corrected chi connectivity index (χ1v) is 6.92. The summed E-state index contributed by atoms with van der Waals surface area (Å²) >= 11 is 0. The van der Waals surface area contributed by atoms with Crippen LogP contribution < -0.4 is 10.1 Å². The van der Waals surface area contributed by atoms with E-state index in [0.717, 1.165) is 6.54 Å². The molecule has 0 aliphatic heterocycles. The lowest BCUT2D eigenvalue weighted by Crippen LogP contribution is -2.41. The molecule has 0 radical (unpaired) electrons. The van der Waals surface area contributed by atoms with E-state index in [9.17, 15) is 9.18 Å². The third-order valence-electron chi connectivity index (χ3n) is 2.77. The van der Waals surface area contributed by atoms with E-state index >= 15 is 0 Å². The summed E-state index contributed by atoms with van der Waals surface area (Å²) in [5, 5.41) is 2.84. The molecule has 1 N–H and O–H groups in total. The van der Waals surface area contributed by atoms with E-state index in [0.29, 0.717) is 19.7 Å². The number of hydrogen-bond donors (Lipinski definition) is 1. The highest BCUT2D eigenvalue weighted by molar-refractivity contribution is 5.78. The van der Waals surface area contributed by atoms with Crippen molar-refractivity contribution in [2.24, 2.45) is 0 Å². The normalized spacial score (nSPS) is 10.9. The van der Waals surface area contributed by atoms with Crippen molar-refractivity contribution < 1.29 is 13.9 Å². The van der Waals surface area contributed by atoms with E-state index in [1.165, 1.54) is 6.07 Å². The fraction of sp³-hybridized carbons (Fsp3) is 0.533. The molecule has 112 valence electrons. The van der Waals surface area contributed by atoms with Gasteiger partial charge in [-0.25, -0.2) is 4.39 Å². The zero-order valence-corrected chi connectivity index (χ0v) is 12.4. The number of amides is 1. The number of nitrogens with one attached hydrogen (secondary N) is 1. The van der Waals surface area contributed by atoms with Gasteiger partial charge >= 0.3 is 0 Å². The fourth-order valence-corrected chi connectivity index (χ4v) is 1.77. The van der Waals surface area contributed by atoms with Gasteiger partial charge in [-0.1, -0.05) is 19.1 Å². The third kappa shape index (κ3) is 6.02. The average molecular weight is 282 g/mol. The second-order valence-electron chi connectivity index (χ2n) is 4.87. The highest BCUT2D eigenvalue weighted by atomic mass is 19.1. The molecule has 5 heteroatoms. The molecule has 4 nitrogen and oxygen atoms in total. The molecule has 0 saturated heterocycles. The minimum Gasteiger partial charge on any atom is -0.489 e. The first-order valence-electron chi connectivity index (χ1n) is 6.92. The fourth-order valence-electron chi connectivity index (χ4n) is 1.77. The van der Waals surface area contributed by atoms with E-state index in [2.05, 4.69) is 5.32 Å². The maximum atomic E-state index is 13.3. The molecule has 1 aromatic carbocycles. The van der Waals surface area contributed by atoms with E-state index in [-0.39, 0.29) is 23.5 Å². The van der Waals surface area contributed by atoms with E-state index in [1.54, 1.807) is 18.2 Å². The van der Waals surface area contributed by atoms with Gasteiger partial charge in [-0.05, 0) is 32.5 Å². The molecular formula is C15H23FN2O2. The number of ether oxygens (including phenoxy) is 1. The van der Waals surface area contributed by atoms with Crippen LogP contribution in [0.5, 0.6) is 5.75 Å². The predicted octanol–water partition coefficient (Wildman–Crippen LogP) is 2.05. The second-order valence-corrected chi connectivity index (χ2v) is 4.87. The molecule has 0 aliphatic carbocycles. The molecule has 1 amide bonds. The summed E-state index contributed by atoms with van der Waals surface area (Å²) in [5.41, 5.74) is 0. The SMILES string of the molecule is CCN(CCOc1ccccc1F)CC(=O)NC(C)C. The molecule has 1 rings (SSSR count). The van der Waals surface area contributed by atoms with Gasteiger partial charge in [0, 0.05) is 12.6 Å². The predicted molar refractivity (Wildman–Crippen MR) is 77.3 cm³/mol. The molecule has 0 aromatic heterocycles. The van der Waals surface area contributed by atoms with Gasteiger partial charge < -0.3 is 10.1 Å². The number of benzene rings is 1. The van der Waals surface area contributed by atoms with Crippen molar-refractivity contribution in [1.29, 1.82) is 0 Å². The zero-order chi connectivity index (χ0) is 15.0. The van der Waals surface area contributed by atoms with E-state index < -0.39 is 0 Å². The Kier molecular flexibility index (Phi) is 7.01. The number of carbonyl (C=O) groups excluding carboxylic acids is 1. The minimum atomic E-state index is -0.368. The van der Waals surface area contributed by atoms with Gasteiger partial charge in [0.25, 0.3) is 0 Å². The number of likely N-dealkylation sites (N-methyl/N-ethyl adjacent to an activating group) is 1. The summed E-state index contributed by atoms with van der Waals surface area (Å²) in [6, 6.07) is 6.44. The first kappa shape index (κ1) is 16.4. The van der Waals surface area contributed by atoms with Crippen LogP contribution in [0.25, 0.3) is 0 Å². The quantitative estimate of drug-likeness (QED) is 0.793. The van der Waals surface area contributed by atoms with Crippen LogP contribution in [0.2, 0.25) is 0 Å². The van der Waals surface area contributed by atoms with Gasteiger partial charge in [-0.3, -0.25) is 9.69 Å². The lowest BCUT2D eigenvalue weighted by atomic mass is 10.3. The van der Waals surface area contributed by atoms with Gasteiger partial charge in [-0.15, -0.1) is 0 Å². The molecule has 0 spiro atoms. The lowest BCUT2D eigenvalue weighted by molar-refractivity contribution is -0.122. The van der Waals surface area contributed by atoms with Crippen LogP contribution in [0.1, 0.15) is 20.8 Å². The molecule has 20 heavy (non-hydrogen) atoms. The Hall–Kier alpha value is -1.62. The summed E-state index contributed by atoms with van der Waals surface area (Å²) in [4.78, 5) is 13.6. The van der Waals surface area contributed by atoms with Crippen LogP contribution >= 0.6 is 0 Å². The molecule has 1 aromatic rings. The van der Waals surface area contributed by atoms with Crippen molar-refractivity contribution in [3.8, 4) is 5.75 Å². The van der Waals surface area contributed by atoms with E-state index in [4.69, 9.17) is 4.74 Å². The Morgan fingerprint density at radius 1 is 1.40 bits per heavy atom. The van der Waals surface area contributed by atoms with Crippen molar-refractivity contribution >= 4 is 5.91 Å². The van der Waals surface area contributed by atoms with Crippen molar-refractivity contribution in [1.82, 2.24) is 10.2 Å². The van der Waals surface area contributed by atoms with Crippen molar-refractivity contribution in [3.05, 3.63) is 30.1 Å².